The summed E-state index contributed by atoms with van der Waals surface area (Å²) in [5.41, 5.74) is 0.289. The molecule has 0 radical (unpaired) electrons. The van der Waals surface area contributed by atoms with E-state index in [4.69, 9.17) is 4.74 Å². The molecule has 52 valence electrons. The van der Waals surface area contributed by atoms with Crippen molar-refractivity contribution in [2.45, 2.75) is 18.9 Å². The molecule has 0 saturated carbocycles. The lowest BCUT2D eigenvalue weighted by molar-refractivity contribution is 0.214. The van der Waals surface area contributed by atoms with Gasteiger partial charge in [-0.2, -0.15) is 0 Å². The molecule has 2 atom stereocenters. The van der Waals surface area contributed by atoms with Crippen molar-refractivity contribution in [3.63, 3.8) is 0 Å². The minimum atomic E-state index is 0.289. The molecule has 0 aromatic heterocycles. The summed E-state index contributed by atoms with van der Waals surface area (Å²) >= 11 is 0. The number of nitrogens with one attached hydrogen (secondary N) is 1. The summed E-state index contributed by atoms with van der Waals surface area (Å²) < 4.78 is 5.34. The molecule has 1 spiro atoms. The normalized spacial score (nSPS) is 49.7. The molecule has 9 heavy (non-hydrogen) atoms. The predicted octanol–water partition coefficient (Wildman–Crippen LogP) is 0.385. The third kappa shape index (κ3) is 0.970. The fraction of sp³-hybridized carbons (Fsp3) is 1.00. The van der Waals surface area contributed by atoms with E-state index in [0.717, 1.165) is 19.1 Å². The maximum Gasteiger partial charge on any atom is 0.104 e. The van der Waals surface area contributed by atoms with E-state index in [-0.39, 0.29) is 5.60 Å². The highest BCUT2D eigenvalue weighted by Crippen LogP contribution is 2.35. The Morgan fingerprint density at radius 3 is 2.89 bits per heavy atom. The van der Waals surface area contributed by atoms with Crippen LogP contribution < -0.4 is 5.32 Å². The van der Waals surface area contributed by atoms with Crippen LogP contribution in [0, 0.1) is 5.92 Å². The molecule has 1 N–H and O–H groups in total. The van der Waals surface area contributed by atoms with Crippen molar-refractivity contribution >= 4 is 0 Å². The van der Waals surface area contributed by atoms with Crippen molar-refractivity contribution in [2.75, 3.05) is 19.7 Å². The fourth-order valence-electron chi connectivity index (χ4n) is 1.65. The van der Waals surface area contributed by atoms with Gasteiger partial charge in [0.2, 0.25) is 0 Å². The first kappa shape index (κ1) is 5.69. The van der Waals surface area contributed by atoms with Crippen LogP contribution in [-0.4, -0.2) is 25.3 Å². The predicted molar refractivity (Wildman–Crippen MR) is 35.3 cm³/mol. The van der Waals surface area contributed by atoms with Crippen LogP contribution in [0.1, 0.15) is 13.3 Å². The Balaban J connectivity index is 1.96. The molecule has 2 aliphatic rings. The molecule has 2 unspecified atom stereocenters. The van der Waals surface area contributed by atoms with E-state index < -0.39 is 0 Å². The zero-order valence-corrected chi connectivity index (χ0v) is 5.81. The summed E-state index contributed by atoms with van der Waals surface area (Å²) in [7, 11) is 0. The lowest BCUT2D eigenvalue weighted by Gasteiger charge is -2.24. The lowest BCUT2D eigenvalue weighted by Crippen LogP contribution is -2.40. The second kappa shape index (κ2) is 1.70. The van der Waals surface area contributed by atoms with Crippen LogP contribution in [0.15, 0.2) is 0 Å². The zero-order chi connectivity index (χ0) is 6.32. The van der Waals surface area contributed by atoms with Gasteiger partial charge in [-0.3, -0.25) is 0 Å². The van der Waals surface area contributed by atoms with Crippen molar-refractivity contribution in [3.8, 4) is 0 Å². The molecule has 2 heterocycles. The highest BCUT2D eigenvalue weighted by molar-refractivity contribution is 4.98. The van der Waals surface area contributed by atoms with Crippen molar-refractivity contribution in [3.05, 3.63) is 0 Å². The first-order chi connectivity index (χ1) is 4.31. The van der Waals surface area contributed by atoms with Gasteiger partial charge in [0.25, 0.3) is 0 Å². The van der Waals surface area contributed by atoms with Crippen molar-refractivity contribution in [1.29, 1.82) is 0 Å². The maximum atomic E-state index is 5.34. The van der Waals surface area contributed by atoms with Gasteiger partial charge in [0, 0.05) is 6.54 Å². The molecule has 2 rings (SSSR count). The van der Waals surface area contributed by atoms with E-state index >= 15 is 0 Å². The molecule has 2 saturated heterocycles. The number of piperidine rings is 1. The van der Waals surface area contributed by atoms with Crippen LogP contribution in [0.25, 0.3) is 0 Å². The van der Waals surface area contributed by atoms with Crippen molar-refractivity contribution in [1.82, 2.24) is 5.32 Å². The Morgan fingerprint density at radius 1 is 1.67 bits per heavy atom. The van der Waals surface area contributed by atoms with Gasteiger partial charge in [0.15, 0.2) is 0 Å². The Kier molecular flexibility index (Phi) is 1.08. The summed E-state index contributed by atoms with van der Waals surface area (Å²) in [5.74, 6) is 0.807. The highest BCUT2D eigenvalue weighted by Gasteiger charge is 2.46. The highest BCUT2D eigenvalue weighted by atomic mass is 16.6. The van der Waals surface area contributed by atoms with E-state index in [1.807, 2.05) is 0 Å². The monoisotopic (exact) mass is 127 g/mol. The minimum Gasteiger partial charge on any atom is -0.368 e. The van der Waals surface area contributed by atoms with E-state index in [1.165, 1.54) is 13.0 Å². The molecule has 0 aromatic carbocycles. The largest absolute Gasteiger partial charge is 0.368 e. The number of hydrogen-bond acceptors (Lipinski definition) is 2. The summed E-state index contributed by atoms with van der Waals surface area (Å²) in [6.45, 7) is 5.52. The summed E-state index contributed by atoms with van der Waals surface area (Å²) in [6.07, 6.45) is 1.26. The molecule has 0 aromatic rings. The van der Waals surface area contributed by atoms with Gasteiger partial charge in [0.1, 0.15) is 5.60 Å². The summed E-state index contributed by atoms with van der Waals surface area (Å²) in [6, 6.07) is 0. The molecular formula is C7H13NO. The van der Waals surface area contributed by atoms with Crippen LogP contribution >= 0.6 is 0 Å². The van der Waals surface area contributed by atoms with Crippen LogP contribution in [0.5, 0.6) is 0 Å². The average molecular weight is 127 g/mol. The van der Waals surface area contributed by atoms with E-state index in [9.17, 15) is 0 Å². The van der Waals surface area contributed by atoms with Gasteiger partial charge in [-0.15, -0.1) is 0 Å². The fourth-order valence-corrected chi connectivity index (χ4v) is 1.65. The summed E-state index contributed by atoms with van der Waals surface area (Å²) in [5, 5.41) is 3.36. The average Bonchev–Trinajstić information content (AvgIpc) is 2.49. The van der Waals surface area contributed by atoms with Gasteiger partial charge in [0.05, 0.1) is 6.61 Å². The van der Waals surface area contributed by atoms with Gasteiger partial charge in [-0.25, -0.2) is 0 Å². The number of epoxide rings is 1. The molecule has 2 nitrogen and oxygen atoms in total. The molecule has 2 heteroatoms. The Labute approximate surface area is 55.6 Å². The van der Waals surface area contributed by atoms with E-state index in [0.29, 0.717) is 0 Å². The SMILES string of the molecule is CC1CNCC2(CO2)C1. The minimum absolute atomic E-state index is 0.289. The third-order valence-corrected chi connectivity index (χ3v) is 2.21. The van der Waals surface area contributed by atoms with E-state index in [2.05, 4.69) is 12.2 Å². The topological polar surface area (TPSA) is 24.6 Å². The molecule has 2 aliphatic heterocycles. The quantitative estimate of drug-likeness (QED) is 0.476. The Morgan fingerprint density at radius 2 is 2.44 bits per heavy atom. The molecule has 0 amide bonds. The van der Waals surface area contributed by atoms with Crippen LogP contribution in [-0.2, 0) is 4.74 Å². The zero-order valence-electron chi connectivity index (χ0n) is 5.81. The van der Waals surface area contributed by atoms with Crippen molar-refractivity contribution < 1.29 is 4.74 Å². The third-order valence-electron chi connectivity index (χ3n) is 2.21. The second-order valence-corrected chi connectivity index (χ2v) is 3.41. The van der Waals surface area contributed by atoms with Gasteiger partial charge < -0.3 is 10.1 Å². The van der Waals surface area contributed by atoms with Crippen molar-refractivity contribution in [2.24, 2.45) is 5.92 Å². The standard InChI is InChI=1S/C7H13NO/c1-6-2-7(5-9-7)4-8-3-6/h6,8H,2-5H2,1H3. The van der Waals surface area contributed by atoms with Gasteiger partial charge >= 0.3 is 0 Å². The van der Waals surface area contributed by atoms with E-state index in [1.54, 1.807) is 0 Å². The number of hydrogen-bond donors (Lipinski definition) is 1. The Bertz CT molecular complexity index is 120. The first-order valence-corrected chi connectivity index (χ1v) is 3.65. The molecule has 2 fully saturated rings. The lowest BCUT2D eigenvalue weighted by atomic mass is 9.92. The summed E-state index contributed by atoms with van der Waals surface area (Å²) in [4.78, 5) is 0. The van der Waals surface area contributed by atoms with Crippen LogP contribution in [0.2, 0.25) is 0 Å². The first-order valence-electron chi connectivity index (χ1n) is 3.65. The second-order valence-electron chi connectivity index (χ2n) is 3.41. The van der Waals surface area contributed by atoms with Gasteiger partial charge in [-0.1, -0.05) is 6.92 Å². The molecule has 0 aliphatic carbocycles. The molecule has 0 bridgehead atoms. The maximum absolute atomic E-state index is 5.34. The smallest absolute Gasteiger partial charge is 0.104 e. The van der Waals surface area contributed by atoms with Gasteiger partial charge in [-0.05, 0) is 18.9 Å². The Hall–Kier alpha value is -0.0800. The molecular weight excluding hydrogens is 114 g/mol. The van der Waals surface area contributed by atoms with Crippen LogP contribution in [0.3, 0.4) is 0 Å². The van der Waals surface area contributed by atoms with Crippen LogP contribution in [0.4, 0.5) is 0 Å². The number of ether oxygens (including phenoxy) is 1. The number of rotatable bonds is 0.